The lowest BCUT2D eigenvalue weighted by Gasteiger charge is -2.30. The molecule has 1 aliphatic heterocycles. The summed E-state index contributed by atoms with van der Waals surface area (Å²) in [6.45, 7) is 2.47. The first-order valence-corrected chi connectivity index (χ1v) is 11.4. The van der Waals surface area contributed by atoms with Crippen molar-refractivity contribution in [2.45, 2.75) is 43.2 Å². The average Bonchev–Trinajstić information content (AvgIpc) is 2.79. The monoisotopic (exact) mass is 455 g/mol. The molecule has 4 N–H and O–H groups in total. The number of hydrogen-bond donors (Lipinski definition) is 4. The van der Waals surface area contributed by atoms with Crippen molar-refractivity contribution < 1.29 is 19.8 Å². The molecule has 1 aliphatic rings. The average molecular weight is 456 g/mol. The van der Waals surface area contributed by atoms with Crippen molar-refractivity contribution in [2.24, 2.45) is 0 Å². The van der Waals surface area contributed by atoms with Gasteiger partial charge in [0, 0.05) is 24.1 Å². The van der Waals surface area contributed by atoms with Crippen LogP contribution in [0.2, 0.25) is 0 Å². The minimum Gasteiger partial charge on any atom is -0.505 e. The molecular formula is C24H29N3O4S. The highest BCUT2D eigenvalue weighted by molar-refractivity contribution is 7.97. The van der Waals surface area contributed by atoms with Crippen molar-refractivity contribution in [1.82, 2.24) is 14.9 Å². The second kappa shape index (κ2) is 11.1. The Labute approximate surface area is 192 Å². The zero-order valence-electron chi connectivity index (χ0n) is 18.2. The predicted octanol–water partition coefficient (Wildman–Crippen LogP) is 2.87. The molecular weight excluding hydrogens is 426 g/mol. The normalized spacial score (nSPS) is 15.0. The Morgan fingerprint density at radius 3 is 2.50 bits per heavy atom. The number of aliphatic hydroxyl groups is 2. The van der Waals surface area contributed by atoms with Gasteiger partial charge in [-0.3, -0.25) is 9.59 Å². The van der Waals surface area contributed by atoms with E-state index in [0.29, 0.717) is 12.1 Å². The van der Waals surface area contributed by atoms with Gasteiger partial charge in [0.05, 0.1) is 6.04 Å². The molecule has 1 unspecified atom stereocenters. The minimum atomic E-state index is -1.44. The summed E-state index contributed by atoms with van der Waals surface area (Å²) in [4.78, 5) is 26.5. The third kappa shape index (κ3) is 5.63. The van der Waals surface area contributed by atoms with Crippen LogP contribution in [0, 0.1) is 0 Å². The number of hydrogen-bond acceptors (Lipinski definition) is 6. The number of carbonyl (C=O) groups is 2. The van der Waals surface area contributed by atoms with Crippen LogP contribution in [0.3, 0.4) is 0 Å². The minimum absolute atomic E-state index is 0.0744. The van der Waals surface area contributed by atoms with Crippen LogP contribution in [0.4, 0.5) is 0 Å². The Balaban J connectivity index is 1.83. The van der Waals surface area contributed by atoms with Gasteiger partial charge < -0.3 is 25.2 Å². The van der Waals surface area contributed by atoms with E-state index in [-0.39, 0.29) is 17.9 Å². The Bertz CT molecular complexity index is 980. The topological polar surface area (TPSA) is 102 Å². The Morgan fingerprint density at radius 2 is 1.78 bits per heavy atom. The van der Waals surface area contributed by atoms with Gasteiger partial charge in [-0.15, -0.1) is 0 Å². The first kappa shape index (κ1) is 23.7. The molecule has 0 bridgehead atoms. The number of rotatable bonds is 9. The highest BCUT2D eigenvalue weighted by atomic mass is 32.2. The van der Waals surface area contributed by atoms with Gasteiger partial charge in [0.2, 0.25) is 0 Å². The predicted molar refractivity (Wildman–Crippen MR) is 126 cm³/mol. The fourth-order valence-corrected chi connectivity index (χ4v) is 4.44. The zero-order valence-corrected chi connectivity index (χ0v) is 19.1. The number of nitrogens with zero attached hydrogens (tertiary/aromatic N) is 1. The largest absolute Gasteiger partial charge is 0.505 e. The Kier molecular flexibility index (Phi) is 8.19. The van der Waals surface area contributed by atoms with Gasteiger partial charge in [-0.1, -0.05) is 55.8 Å². The molecule has 170 valence electrons. The molecule has 0 radical (unpaired) electrons. The number of amides is 2. The van der Waals surface area contributed by atoms with Crippen LogP contribution in [-0.2, 0) is 16.0 Å². The molecule has 2 aromatic carbocycles. The molecule has 0 aliphatic carbocycles. The van der Waals surface area contributed by atoms with Crippen LogP contribution < -0.4 is 10.6 Å². The van der Waals surface area contributed by atoms with E-state index in [1.165, 1.54) is 11.9 Å². The fourth-order valence-electron chi connectivity index (χ4n) is 3.48. The number of aliphatic hydroxyl groups excluding tert-OH is 2. The second-order valence-electron chi connectivity index (χ2n) is 7.64. The number of carbonyl (C=O) groups excluding carboxylic acids is 2. The molecule has 1 heterocycles. The van der Waals surface area contributed by atoms with Crippen LogP contribution >= 0.6 is 11.9 Å². The molecule has 32 heavy (non-hydrogen) atoms. The summed E-state index contributed by atoms with van der Waals surface area (Å²) in [6.07, 6.45) is 0.541. The molecule has 0 saturated carbocycles. The summed E-state index contributed by atoms with van der Waals surface area (Å²) in [5.74, 6) is -1.23. The van der Waals surface area contributed by atoms with Gasteiger partial charge in [-0.25, -0.2) is 0 Å². The van der Waals surface area contributed by atoms with Crippen LogP contribution in [0.1, 0.15) is 30.9 Å². The smallest absolute Gasteiger partial charge is 0.272 e. The first-order valence-electron chi connectivity index (χ1n) is 10.7. The summed E-state index contributed by atoms with van der Waals surface area (Å²) in [6, 6.07) is 15.7. The fraction of sp³-hybridized carbons (Fsp3) is 0.333. The van der Waals surface area contributed by atoms with Crippen molar-refractivity contribution in [3.05, 3.63) is 71.4 Å². The first-order chi connectivity index (χ1) is 15.4. The maximum absolute atomic E-state index is 13.2. The SMILES string of the molecule is CCCCNC(=O)C(O)[C@H](Cc1ccccc1)NC(=O)C1=C(O)c2ccccc2SN1C. The van der Waals surface area contributed by atoms with Crippen molar-refractivity contribution in [1.29, 1.82) is 0 Å². The number of likely N-dealkylation sites (N-methyl/N-ethyl adjacent to an activating group) is 1. The molecule has 0 spiro atoms. The van der Waals surface area contributed by atoms with Gasteiger partial charge in [-0.2, -0.15) is 0 Å². The van der Waals surface area contributed by atoms with E-state index in [0.717, 1.165) is 23.3 Å². The highest BCUT2D eigenvalue weighted by Gasteiger charge is 2.33. The number of fused-ring (bicyclic) bond motifs is 1. The third-order valence-electron chi connectivity index (χ3n) is 5.23. The Morgan fingerprint density at radius 1 is 1.09 bits per heavy atom. The lowest BCUT2D eigenvalue weighted by molar-refractivity contribution is -0.131. The summed E-state index contributed by atoms with van der Waals surface area (Å²) in [7, 11) is 1.69. The van der Waals surface area contributed by atoms with E-state index in [4.69, 9.17) is 0 Å². The van der Waals surface area contributed by atoms with E-state index >= 15 is 0 Å². The molecule has 2 amide bonds. The van der Waals surface area contributed by atoms with Gasteiger partial charge in [0.1, 0.15) is 0 Å². The standard InChI is InChI=1S/C24H29N3O4S/c1-3-4-14-25-24(31)22(29)18(15-16-10-6-5-7-11-16)26-23(30)20-21(28)17-12-8-9-13-19(17)32-27(20)2/h5-13,18,22,28-29H,3-4,14-15H2,1-2H3,(H,25,31)(H,26,30)/t18-,22?/m0/s1. The third-order valence-corrected chi connectivity index (χ3v) is 6.24. The lowest BCUT2D eigenvalue weighted by atomic mass is 10.00. The molecule has 3 rings (SSSR count). The maximum atomic E-state index is 13.2. The summed E-state index contributed by atoms with van der Waals surface area (Å²) < 4.78 is 1.58. The van der Waals surface area contributed by atoms with Gasteiger partial charge >= 0.3 is 0 Å². The van der Waals surface area contributed by atoms with Crippen LogP contribution in [0.5, 0.6) is 0 Å². The summed E-state index contributed by atoms with van der Waals surface area (Å²) in [5, 5.41) is 27.0. The van der Waals surface area contributed by atoms with Crippen molar-refractivity contribution in [3.63, 3.8) is 0 Å². The molecule has 2 atom stereocenters. The van der Waals surface area contributed by atoms with Crippen molar-refractivity contribution in [2.75, 3.05) is 13.6 Å². The van der Waals surface area contributed by atoms with Gasteiger partial charge in [-0.05, 0) is 42.5 Å². The van der Waals surface area contributed by atoms with Crippen LogP contribution in [-0.4, -0.2) is 52.1 Å². The molecule has 8 heteroatoms. The lowest BCUT2D eigenvalue weighted by Crippen LogP contribution is -2.52. The van der Waals surface area contributed by atoms with Gasteiger partial charge in [0.15, 0.2) is 17.6 Å². The molecule has 7 nitrogen and oxygen atoms in total. The van der Waals surface area contributed by atoms with Crippen LogP contribution in [0.15, 0.2) is 65.2 Å². The summed E-state index contributed by atoms with van der Waals surface area (Å²) in [5.41, 5.74) is 1.51. The van der Waals surface area contributed by atoms with Gasteiger partial charge in [0.25, 0.3) is 11.8 Å². The van der Waals surface area contributed by atoms with E-state index in [1.54, 1.807) is 23.5 Å². The van der Waals surface area contributed by atoms with Crippen molar-refractivity contribution in [3.8, 4) is 0 Å². The van der Waals surface area contributed by atoms with E-state index in [9.17, 15) is 19.8 Å². The number of nitrogens with one attached hydrogen (secondary N) is 2. The van der Waals surface area contributed by atoms with E-state index in [2.05, 4.69) is 10.6 Å². The maximum Gasteiger partial charge on any atom is 0.272 e. The molecule has 0 saturated heterocycles. The number of unbranched alkanes of at least 4 members (excludes halogenated alkanes) is 1. The Hall–Kier alpha value is -2.97. The number of benzene rings is 2. The van der Waals surface area contributed by atoms with Crippen LogP contribution in [0.25, 0.3) is 5.76 Å². The van der Waals surface area contributed by atoms with E-state index in [1.807, 2.05) is 49.4 Å². The van der Waals surface area contributed by atoms with E-state index < -0.39 is 24.0 Å². The van der Waals surface area contributed by atoms with Crippen molar-refractivity contribution >= 4 is 29.5 Å². The second-order valence-corrected chi connectivity index (χ2v) is 8.81. The molecule has 0 fully saturated rings. The zero-order chi connectivity index (χ0) is 23.1. The molecule has 2 aromatic rings. The highest BCUT2D eigenvalue weighted by Crippen LogP contribution is 2.38. The summed E-state index contributed by atoms with van der Waals surface area (Å²) >= 11 is 1.32. The quantitative estimate of drug-likeness (QED) is 0.343. The molecule has 0 aromatic heterocycles.